The minimum Gasteiger partial charge on any atom is -0.497 e. The number of methoxy groups -OCH3 is 2. The highest BCUT2D eigenvalue weighted by Gasteiger charge is 2.23. The van der Waals surface area contributed by atoms with Crippen molar-refractivity contribution >= 4 is 41.5 Å². The maximum atomic E-state index is 15.4. The average Bonchev–Trinajstić information content (AvgIpc) is 2.90. The number of nitrogens with one attached hydrogen (secondary N) is 1. The van der Waals surface area contributed by atoms with E-state index < -0.39 is 11.7 Å². The van der Waals surface area contributed by atoms with E-state index in [0.717, 1.165) is 0 Å². The minimum atomic E-state index is -0.700. The van der Waals surface area contributed by atoms with E-state index in [4.69, 9.17) is 14.6 Å². The maximum Gasteiger partial charge on any atom is 0.240 e. The first kappa shape index (κ1) is 26.4. The number of aliphatic hydroxyl groups excluding tert-OH is 1. The van der Waals surface area contributed by atoms with Crippen molar-refractivity contribution in [3.63, 3.8) is 0 Å². The van der Waals surface area contributed by atoms with Gasteiger partial charge in [0.05, 0.1) is 32.2 Å². The number of hydrogen-bond donors (Lipinski definition) is 2. The summed E-state index contributed by atoms with van der Waals surface area (Å²) >= 11 is 0. The quantitative estimate of drug-likeness (QED) is 0.288. The molecule has 12 heteroatoms. The van der Waals surface area contributed by atoms with Gasteiger partial charge in [0.15, 0.2) is 17.2 Å². The smallest absolute Gasteiger partial charge is 0.240 e. The number of nitrogens with zero attached hydrogens (tertiary/aromatic N) is 6. The molecule has 2 heterocycles. The summed E-state index contributed by atoms with van der Waals surface area (Å²) in [4.78, 5) is 27.6. The van der Waals surface area contributed by atoms with Crippen molar-refractivity contribution in [1.29, 1.82) is 0 Å². The fourth-order valence-corrected chi connectivity index (χ4v) is 3.45. The van der Waals surface area contributed by atoms with Crippen LogP contribution in [-0.2, 0) is 4.79 Å². The molecule has 190 valence electrons. The van der Waals surface area contributed by atoms with Gasteiger partial charge in [-0.15, -0.1) is 0 Å². The molecule has 1 atom stereocenters. The Morgan fingerprint density at radius 1 is 1.31 bits per heavy atom. The fourth-order valence-electron chi connectivity index (χ4n) is 3.45. The van der Waals surface area contributed by atoms with Crippen LogP contribution in [0.3, 0.4) is 0 Å². The first-order valence-corrected chi connectivity index (χ1v) is 11.1. The van der Waals surface area contributed by atoms with E-state index in [1.54, 1.807) is 24.5 Å². The number of ether oxygens (including phenoxy) is 2. The molecule has 2 aromatic heterocycles. The van der Waals surface area contributed by atoms with Crippen LogP contribution in [0, 0.1) is 5.82 Å². The largest absolute Gasteiger partial charge is 0.497 e. The second kappa shape index (κ2) is 12.5. The van der Waals surface area contributed by atoms with Gasteiger partial charge in [-0.05, 0) is 18.6 Å². The van der Waals surface area contributed by atoms with E-state index in [0.29, 0.717) is 29.0 Å². The third kappa shape index (κ3) is 6.08. The Bertz CT molecular complexity index is 1250. The van der Waals surface area contributed by atoms with E-state index in [1.165, 1.54) is 31.3 Å². The lowest BCUT2D eigenvalue weighted by atomic mass is 10.0. The molecule has 0 radical (unpaired) electrons. The van der Waals surface area contributed by atoms with Crippen LogP contribution >= 0.6 is 0 Å². The van der Waals surface area contributed by atoms with Crippen LogP contribution in [0.1, 0.15) is 25.0 Å². The van der Waals surface area contributed by atoms with Crippen LogP contribution in [0.4, 0.5) is 15.9 Å². The third-order valence-electron chi connectivity index (χ3n) is 5.31. The Kier molecular flexibility index (Phi) is 9.17. The van der Waals surface area contributed by atoms with Crippen molar-refractivity contribution in [1.82, 2.24) is 20.3 Å². The molecule has 3 rings (SSSR count). The molecule has 2 N–H and O–H groups in total. The minimum absolute atomic E-state index is 0.0111. The number of halogens is 1. The molecule has 36 heavy (non-hydrogen) atoms. The van der Waals surface area contributed by atoms with E-state index in [2.05, 4.69) is 37.2 Å². The van der Waals surface area contributed by atoms with Crippen LogP contribution in [0.5, 0.6) is 11.5 Å². The molecule has 0 spiro atoms. The van der Waals surface area contributed by atoms with E-state index in [9.17, 15) is 4.79 Å². The number of benzene rings is 1. The summed E-state index contributed by atoms with van der Waals surface area (Å²) in [6.07, 6.45) is 3.97. The zero-order valence-electron chi connectivity index (χ0n) is 20.3. The first-order chi connectivity index (χ1) is 17.4. The fraction of sp³-hybridized carbons (Fsp3) is 0.333. The van der Waals surface area contributed by atoms with Crippen LogP contribution in [0.2, 0.25) is 0 Å². The number of anilines is 2. The van der Waals surface area contributed by atoms with Gasteiger partial charge in [0, 0.05) is 43.7 Å². The summed E-state index contributed by atoms with van der Waals surface area (Å²) in [5, 5.41) is 19.0. The zero-order valence-corrected chi connectivity index (χ0v) is 20.3. The highest BCUT2D eigenvalue weighted by atomic mass is 19.1. The van der Waals surface area contributed by atoms with Gasteiger partial charge in [-0.25, -0.2) is 14.4 Å². The lowest BCUT2D eigenvalue weighted by Gasteiger charge is -2.25. The SMILES string of the molecule is C=N/N=C/C(CC)c1cnc2ccc(N(CC(=O)NCCO)c3cc(OC)cc(OC)c3F)nc2n1. The van der Waals surface area contributed by atoms with Gasteiger partial charge in [0.1, 0.15) is 23.6 Å². The van der Waals surface area contributed by atoms with Crippen LogP contribution < -0.4 is 19.7 Å². The molecule has 1 unspecified atom stereocenters. The molecule has 0 aliphatic heterocycles. The molecule has 1 amide bonds. The van der Waals surface area contributed by atoms with E-state index in [1.807, 2.05) is 6.92 Å². The number of rotatable bonds is 12. The maximum absolute atomic E-state index is 15.4. The Labute approximate surface area is 207 Å². The summed E-state index contributed by atoms with van der Waals surface area (Å²) in [5.74, 6) is -0.794. The topological polar surface area (TPSA) is 134 Å². The van der Waals surface area contributed by atoms with E-state index in [-0.39, 0.29) is 42.9 Å². The van der Waals surface area contributed by atoms with Crippen molar-refractivity contribution in [3.8, 4) is 11.5 Å². The summed E-state index contributed by atoms with van der Waals surface area (Å²) in [6, 6.07) is 6.14. The number of aromatic nitrogens is 3. The highest BCUT2D eigenvalue weighted by molar-refractivity contribution is 5.85. The summed E-state index contributed by atoms with van der Waals surface area (Å²) in [6.45, 7) is 4.84. The van der Waals surface area contributed by atoms with Crippen molar-refractivity contribution in [2.75, 3.05) is 38.8 Å². The summed E-state index contributed by atoms with van der Waals surface area (Å²) < 4.78 is 25.8. The van der Waals surface area contributed by atoms with Crippen LogP contribution in [0.15, 0.2) is 40.7 Å². The Hall–Kier alpha value is -4.19. The monoisotopic (exact) mass is 497 g/mol. The lowest BCUT2D eigenvalue weighted by Crippen LogP contribution is -2.37. The first-order valence-electron chi connectivity index (χ1n) is 11.1. The van der Waals surface area contributed by atoms with Crippen molar-refractivity contribution < 1.29 is 23.8 Å². The van der Waals surface area contributed by atoms with Gasteiger partial charge >= 0.3 is 0 Å². The predicted molar refractivity (Wildman–Crippen MR) is 135 cm³/mol. The molecule has 0 saturated carbocycles. The van der Waals surface area contributed by atoms with Crippen molar-refractivity contribution in [2.45, 2.75) is 19.3 Å². The van der Waals surface area contributed by atoms with Crippen LogP contribution in [0.25, 0.3) is 11.2 Å². The second-order valence-electron chi connectivity index (χ2n) is 7.55. The van der Waals surface area contributed by atoms with Crippen molar-refractivity contribution in [2.24, 2.45) is 10.2 Å². The molecule has 0 aliphatic rings. The van der Waals surface area contributed by atoms with Gasteiger partial charge in [0.25, 0.3) is 0 Å². The molecular formula is C24H28FN7O4. The van der Waals surface area contributed by atoms with Gasteiger partial charge in [-0.2, -0.15) is 10.2 Å². The van der Waals surface area contributed by atoms with E-state index >= 15 is 4.39 Å². The number of hydrogen-bond acceptors (Lipinski definition) is 10. The molecule has 3 aromatic rings. The number of amides is 1. The molecule has 0 fully saturated rings. The van der Waals surface area contributed by atoms with Gasteiger partial charge in [-0.3, -0.25) is 9.78 Å². The summed E-state index contributed by atoms with van der Waals surface area (Å²) in [5.41, 5.74) is 1.46. The normalized spacial score (nSPS) is 11.9. The standard InChI is InChI=1S/C24H28FN7O4/c1-5-15(12-29-26-2)18-13-28-17-6-7-21(31-24(17)30-18)32(14-22(34)27-8-9-33)19-10-16(35-3)11-20(36-4)23(19)25/h6-7,10-13,15,33H,2,5,8-9,14H2,1,3-4H3,(H,27,34)/b29-12+. The Balaban J connectivity index is 2.13. The Morgan fingerprint density at radius 2 is 2.11 bits per heavy atom. The number of carbonyl (C=O) groups excluding carboxylic acids is 1. The number of carbonyl (C=O) groups is 1. The molecular weight excluding hydrogens is 469 g/mol. The van der Waals surface area contributed by atoms with Crippen molar-refractivity contribution in [3.05, 3.63) is 42.0 Å². The highest BCUT2D eigenvalue weighted by Crippen LogP contribution is 2.36. The second-order valence-corrected chi connectivity index (χ2v) is 7.55. The zero-order chi connectivity index (χ0) is 26.1. The lowest BCUT2D eigenvalue weighted by molar-refractivity contribution is -0.119. The predicted octanol–water partition coefficient (Wildman–Crippen LogP) is 2.61. The van der Waals surface area contributed by atoms with Crippen LogP contribution in [-0.4, -0.2) is 72.8 Å². The molecule has 0 saturated heterocycles. The van der Waals surface area contributed by atoms with Gasteiger partial charge < -0.3 is 24.8 Å². The number of pyridine rings is 1. The Morgan fingerprint density at radius 3 is 2.78 bits per heavy atom. The van der Waals surface area contributed by atoms with Gasteiger partial charge in [0.2, 0.25) is 5.91 Å². The molecule has 11 nitrogen and oxygen atoms in total. The molecule has 0 bridgehead atoms. The number of aliphatic hydroxyl groups is 1. The molecule has 1 aromatic carbocycles. The number of fused-ring (bicyclic) bond motifs is 1. The van der Waals surface area contributed by atoms with Gasteiger partial charge in [-0.1, -0.05) is 6.92 Å². The third-order valence-corrected chi connectivity index (χ3v) is 5.31. The average molecular weight is 498 g/mol. The molecule has 0 aliphatic carbocycles. The summed E-state index contributed by atoms with van der Waals surface area (Å²) in [7, 11) is 2.77.